The van der Waals surface area contributed by atoms with E-state index in [0.717, 1.165) is 23.6 Å². The van der Waals surface area contributed by atoms with Crippen molar-refractivity contribution in [1.29, 1.82) is 0 Å². The molecule has 21 heavy (non-hydrogen) atoms. The van der Waals surface area contributed by atoms with Gasteiger partial charge in [0.25, 0.3) is 5.91 Å². The fraction of sp³-hybridized carbons (Fsp3) is 0.600. The monoisotopic (exact) mass is 308 g/mol. The Hall–Kier alpha value is -1.27. The van der Waals surface area contributed by atoms with Crippen molar-refractivity contribution < 1.29 is 4.79 Å². The Morgan fingerprint density at radius 2 is 2.19 bits per heavy atom. The topological polar surface area (TPSA) is 71.2 Å². The summed E-state index contributed by atoms with van der Waals surface area (Å²) in [6.07, 6.45) is 1.06. The van der Waals surface area contributed by atoms with Crippen LogP contribution >= 0.6 is 11.8 Å². The number of pyridine rings is 1. The summed E-state index contributed by atoms with van der Waals surface area (Å²) in [5.74, 6) is 8.19. The maximum atomic E-state index is 12.7. The molecule has 6 heteroatoms. The summed E-state index contributed by atoms with van der Waals surface area (Å²) in [7, 11) is 1.88. The van der Waals surface area contributed by atoms with Crippen molar-refractivity contribution in [2.75, 3.05) is 24.0 Å². The van der Waals surface area contributed by atoms with Crippen LogP contribution in [0.15, 0.2) is 12.1 Å². The van der Waals surface area contributed by atoms with Crippen molar-refractivity contribution in [3.63, 3.8) is 0 Å². The van der Waals surface area contributed by atoms with Crippen LogP contribution in [0.25, 0.3) is 0 Å². The number of thioether (sulfide) groups is 1. The van der Waals surface area contributed by atoms with E-state index in [1.807, 2.05) is 29.8 Å². The van der Waals surface area contributed by atoms with Gasteiger partial charge in [-0.25, -0.2) is 10.8 Å². The van der Waals surface area contributed by atoms with Crippen molar-refractivity contribution in [2.24, 2.45) is 5.84 Å². The van der Waals surface area contributed by atoms with E-state index in [0.29, 0.717) is 17.4 Å². The number of nitrogens with zero attached hydrogens (tertiary/aromatic N) is 2. The van der Waals surface area contributed by atoms with Crippen molar-refractivity contribution in [2.45, 2.75) is 38.6 Å². The average molecular weight is 308 g/mol. The largest absolute Gasteiger partial charge is 0.338 e. The van der Waals surface area contributed by atoms with Crippen LogP contribution in [0.4, 0.5) is 5.82 Å². The van der Waals surface area contributed by atoms with Crippen molar-refractivity contribution >= 4 is 23.5 Å². The van der Waals surface area contributed by atoms with E-state index in [1.165, 1.54) is 0 Å². The van der Waals surface area contributed by atoms with Crippen LogP contribution in [-0.4, -0.2) is 40.4 Å². The summed E-state index contributed by atoms with van der Waals surface area (Å²) in [5.41, 5.74) is 3.92. The highest BCUT2D eigenvalue weighted by Crippen LogP contribution is 2.26. The first-order valence-corrected chi connectivity index (χ1v) is 8.32. The number of hydrogen-bond donors (Lipinski definition) is 2. The minimum atomic E-state index is -0.135. The minimum absolute atomic E-state index is 0.0342. The van der Waals surface area contributed by atoms with E-state index in [9.17, 15) is 4.79 Å². The fourth-order valence-corrected chi connectivity index (χ4v) is 3.58. The molecule has 1 aromatic heterocycles. The highest BCUT2D eigenvalue weighted by atomic mass is 32.2. The summed E-state index contributed by atoms with van der Waals surface area (Å²) in [6.45, 7) is 6.21. The van der Waals surface area contributed by atoms with Gasteiger partial charge in [0.05, 0.1) is 0 Å². The maximum Gasteiger partial charge on any atom is 0.254 e. The lowest BCUT2D eigenvalue weighted by atomic mass is 9.90. The molecule has 1 amide bonds. The zero-order valence-corrected chi connectivity index (χ0v) is 14.0. The standard InChI is InChI=1S/C15H24N4OS/c1-15(2,3)12-7-10(8-13(17-12)18-16)14(20)19(4)11-5-6-21-9-11/h7-8,11H,5-6,9,16H2,1-4H3,(H,17,18). The molecule has 116 valence electrons. The summed E-state index contributed by atoms with van der Waals surface area (Å²) in [5, 5.41) is 0. The smallest absolute Gasteiger partial charge is 0.254 e. The summed E-state index contributed by atoms with van der Waals surface area (Å²) >= 11 is 1.90. The second kappa shape index (κ2) is 6.23. The lowest BCUT2D eigenvalue weighted by molar-refractivity contribution is 0.0747. The molecule has 1 aromatic rings. The van der Waals surface area contributed by atoms with Crippen molar-refractivity contribution in [1.82, 2.24) is 9.88 Å². The fourth-order valence-electron chi connectivity index (χ4n) is 2.31. The molecule has 1 aliphatic heterocycles. The second-order valence-electron chi connectivity index (χ2n) is 6.45. The van der Waals surface area contributed by atoms with Crippen LogP contribution < -0.4 is 11.3 Å². The number of anilines is 1. The van der Waals surface area contributed by atoms with Gasteiger partial charge in [0.2, 0.25) is 0 Å². The zero-order chi connectivity index (χ0) is 15.6. The predicted molar refractivity (Wildman–Crippen MR) is 88.6 cm³/mol. The number of carbonyl (C=O) groups is 1. The van der Waals surface area contributed by atoms with Gasteiger partial charge >= 0.3 is 0 Å². The minimum Gasteiger partial charge on any atom is -0.338 e. The van der Waals surface area contributed by atoms with Gasteiger partial charge in [-0.1, -0.05) is 20.8 Å². The molecule has 2 rings (SSSR count). The molecule has 1 atom stereocenters. The van der Waals surface area contributed by atoms with Crippen molar-refractivity contribution in [3.05, 3.63) is 23.4 Å². The summed E-state index contributed by atoms with van der Waals surface area (Å²) in [4.78, 5) is 19.0. The molecule has 1 saturated heterocycles. The number of nitrogens with one attached hydrogen (secondary N) is 1. The molecule has 1 fully saturated rings. The lowest BCUT2D eigenvalue weighted by Gasteiger charge is -2.25. The van der Waals surface area contributed by atoms with E-state index in [-0.39, 0.29) is 11.3 Å². The quantitative estimate of drug-likeness (QED) is 0.662. The number of hydrazine groups is 1. The number of nitrogen functional groups attached to an aromatic ring is 1. The number of rotatable bonds is 3. The molecule has 0 saturated carbocycles. The highest BCUT2D eigenvalue weighted by Gasteiger charge is 2.26. The summed E-state index contributed by atoms with van der Waals surface area (Å²) in [6, 6.07) is 3.92. The highest BCUT2D eigenvalue weighted by molar-refractivity contribution is 7.99. The van der Waals surface area contributed by atoms with Gasteiger partial charge in [-0.15, -0.1) is 0 Å². The van der Waals surface area contributed by atoms with Gasteiger partial charge in [0.15, 0.2) is 0 Å². The number of nitrogens with two attached hydrogens (primary N) is 1. The first-order valence-electron chi connectivity index (χ1n) is 7.17. The third kappa shape index (κ3) is 3.68. The molecule has 0 bridgehead atoms. The Bertz CT molecular complexity index is 521. The molecule has 2 heterocycles. The molecule has 0 aromatic carbocycles. The molecular formula is C15H24N4OS. The molecule has 1 unspecified atom stereocenters. The van der Waals surface area contributed by atoms with E-state index in [2.05, 4.69) is 31.2 Å². The SMILES string of the molecule is CN(C(=O)c1cc(NN)nc(C(C)(C)C)c1)C1CCSC1. The van der Waals surface area contributed by atoms with Gasteiger partial charge in [-0.2, -0.15) is 11.8 Å². The third-order valence-corrected chi connectivity index (χ3v) is 4.91. The molecule has 1 aliphatic rings. The molecule has 5 nitrogen and oxygen atoms in total. The maximum absolute atomic E-state index is 12.7. The predicted octanol–water partition coefficient (Wildman–Crippen LogP) is 2.24. The van der Waals surface area contributed by atoms with Crippen LogP contribution in [0, 0.1) is 0 Å². The molecule has 0 radical (unpaired) electrons. The second-order valence-corrected chi connectivity index (χ2v) is 7.60. The van der Waals surface area contributed by atoms with Crippen LogP contribution in [0.5, 0.6) is 0 Å². The first kappa shape index (κ1) is 16.1. The normalized spacial score (nSPS) is 18.6. The van der Waals surface area contributed by atoms with Gasteiger partial charge in [-0.05, 0) is 24.3 Å². The Morgan fingerprint density at radius 1 is 1.48 bits per heavy atom. The Morgan fingerprint density at radius 3 is 2.71 bits per heavy atom. The Labute approximate surface area is 130 Å². The van der Waals surface area contributed by atoms with E-state index >= 15 is 0 Å². The average Bonchev–Trinajstić information content (AvgIpc) is 2.98. The Kier molecular flexibility index (Phi) is 4.78. The van der Waals surface area contributed by atoms with Gasteiger partial charge in [0.1, 0.15) is 5.82 Å². The number of aromatic nitrogens is 1. The first-order chi connectivity index (χ1) is 9.82. The number of carbonyl (C=O) groups excluding carboxylic acids is 1. The van der Waals surface area contributed by atoms with Crippen LogP contribution in [0.1, 0.15) is 43.2 Å². The third-order valence-electron chi connectivity index (χ3n) is 3.76. The number of amides is 1. The Balaban J connectivity index is 2.31. The van der Waals surface area contributed by atoms with Crippen molar-refractivity contribution in [3.8, 4) is 0 Å². The van der Waals surface area contributed by atoms with Crippen LogP contribution in [0.3, 0.4) is 0 Å². The molecular weight excluding hydrogens is 284 g/mol. The van der Waals surface area contributed by atoms with E-state index < -0.39 is 0 Å². The van der Waals surface area contributed by atoms with E-state index in [4.69, 9.17) is 5.84 Å². The number of hydrogen-bond acceptors (Lipinski definition) is 5. The molecule has 0 aliphatic carbocycles. The molecule has 3 N–H and O–H groups in total. The summed E-state index contributed by atoms with van der Waals surface area (Å²) < 4.78 is 0. The van der Waals surface area contributed by atoms with Gasteiger partial charge in [-0.3, -0.25) is 4.79 Å². The van der Waals surface area contributed by atoms with Gasteiger partial charge in [0, 0.05) is 35.5 Å². The molecule has 0 spiro atoms. The van der Waals surface area contributed by atoms with Crippen LogP contribution in [0.2, 0.25) is 0 Å². The zero-order valence-electron chi connectivity index (χ0n) is 13.1. The van der Waals surface area contributed by atoms with Crippen LogP contribution in [-0.2, 0) is 5.41 Å². The van der Waals surface area contributed by atoms with Gasteiger partial charge < -0.3 is 10.3 Å². The lowest BCUT2D eigenvalue weighted by Crippen LogP contribution is -2.37. The van der Waals surface area contributed by atoms with E-state index in [1.54, 1.807) is 6.07 Å².